The first-order chi connectivity index (χ1) is 9.76. The quantitative estimate of drug-likeness (QED) is 0.865. The normalized spacial score (nSPS) is 20.4. The van der Waals surface area contributed by atoms with Crippen LogP contribution in [0.3, 0.4) is 0 Å². The van der Waals surface area contributed by atoms with Crippen LogP contribution in [0.25, 0.3) is 0 Å². The van der Waals surface area contributed by atoms with Crippen LogP contribution in [-0.2, 0) is 6.42 Å². The molecule has 3 rings (SSSR count). The van der Waals surface area contributed by atoms with Gasteiger partial charge in [0, 0.05) is 18.0 Å². The SMILES string of the molecule is CCc1cccc(NC(=S)N2CCSC2=NC2CC2)c1. The van der Waals surface area contributed by atoms with Gasteiger partial charge in [-0.25, -0.2) is 0 Å². The van der Waals surface area contributed by atoms with E-state index in [2.05, 4.69) is 41.4 Å². The molecule has 1 aromatic carbocycles. The number of hydrogen-bond donors (Lipinski definition) is 1. The molecule has 3 nitrogen and oxygen atoms in total. The van der Waals surface area contributed by atoms with Crippen LogP contribution in [0.1, 0.15) is 25.3 Å². The van der Waals surface area contributed by atoms with Gasteiger partial charge in [-0.05, 0) is 49.2 Å². The van der Waals surface area contributed by atoms with Crippen LogP contribution < -0.4 is 5.32 Å². The lowest BCUT2D eigenvalue weighted by molar-refractivity contribution is 0.682. The van der Waals surface area contributed by atoms with E-state index in [1.165, 1.54) is 18.4 Å². The zero-order valence-corrected chi connectivity index (χ0v) is 13.3. The van der Waals surface area contributed by atoms with Crippen molar-refractivity contribution in [2.24, 2.45) is 4.99 Å². The Labute approximate surface area is 129 Å². The van der Waals surface area contributed by atoms with Crippen LogP contribution in [-0.4, -0.2) is 33.5 Å². The van der Waals surface area contributed by atoms with Crippen LogP contribution >= 0.6 is 24.0 Å². The van der Waals surface area contributed by atoms with Crippen molar-refractivity contribution in [3.8, 4) is 0 Å². The van der Waals surface area contributed by atoms with E-state index in [9.17, 15) is 0 Å². The van der Waals surface area contributed by atoms with Crippen LogP contribution in [0.5, 0.6) is 0 Å². The van der Waals surface area contributed by atoms with E-state index in [1.807, 2.05) is 11.8 Å². The summed E-state index contributed by atoms with van der Waals surface area (Å²) in [5.74, 6) is 1.07. The Kier molecular flexibility index (Phi) is 4.27. The largest absolute Gasteiger partial charge is 0.332 e. The third-order valence-corrected chi connectivity index (χ3v) is 4.74. The molecule has 0 amide bonds. The summed E-state index contributed by atoms with van der Waals surface area (Å²) in [6.45, 7) is 3.12. The van der Waals surface area contributed by atoms with Crippen molar-refractivity contribution >= 4 is 39.9 Å². The molecule has 0 atom stereocenters. The number of anilines is 1. The van der Waals surface area contributed by atoms with Gasteiger partial charge in [0.15, 0.2) is 10.3 Å². The van der Waals surface area contributed by atoms with Gasteiger partial charge in [0.2, 0.25) is 0 Å². The zero-order valence-electron chi connectivity index (χ0n) is 11.6. The number of hydrogen-bond acceptors (Lipinski definition) is 3. The van der Waals surface area contributed by atoms with Gasteiger partial charge < -0.3 is 5.32 Å². The second-order valence-electron chi connectivity index (χ2n) is 5.13. The number of benzene rings is 1. The van der Waals surface area contributed by atoms with Crippen molar-refractivity contribution < 1.29 is 0 Å². The summed E-state index contributed by atoms with van der Waals surface area (Å²) in [5, 5.41) is 5.21. The first-order valence-corrected chi connectivity index (χ1v) is 8.53. The minimum atomic E-state index is 0.546. The molecule has 1 heterocycles. The molecule has 2 aliphatic rings. The Hall–Kier alpha value is -1.07. The van der Waals surface area contributed by atoms with Crippen LogP contribution in [0.4, 0.5) is 5.69 Å². The van der Waals surface area contributed by atoms with Crippen molar-refractivity contribution in [1.82, 2.24) is 4.90 Å². The molecule has 1 aliphatic carbocycles. The average molecular weight is 305 g/mol. The molecule has 2 fully saturated rings. The molecule has 1 saturated carbocycles. The van der Waals surface area contributed by atoms with Crippen LogP contribution in [0, 0.1) is 0 Å². The van der Waals surface area contributed by atoms with E-state index >= 15 is 0 Å². The lowest BCUT2D eigenvalue weighted by atomic mass is 10.1. The van der Waals surface area contributed by atoms with Crippen LogP contribution in [0.15, 0.2) is 29.3 Å². The molecule has 1 aromatic rings. The first-order valence-electron chi connectivity index (χ1n) is 7.14. The Balaban J connectivity index is 1.68. The van der Waals surface area contributed by atoms with E-state index < -0.39 is 0 Å². The summed E-state index contributed by atoms with van der Waals surface area (Å²) in [6, 6.07) is 8.98. The molecule has 0 aromatic heterocycles. The molecular formula is C15H19N3S2. The zero-order chi connectivity index (χ0) is 13.9. The van der Waals surface area contributed by atoms with E-state index in [0.717, 1.165) is 34.7 Å². The highest BCUT2D eigenvalue weighted by Crippen LogP contribution is 2.28. The number of amidine groups is 1. The number of aliphatic imine (C=N–C) groups is 1. The predicted octanol–water partition coefficient (Wildman–Crippen LogP) is 3.51. The molecule has 0 spiro atoms. The van der Waals surface area contributed by atoms with Crippen molar-refractivity contribution in [3.05, 3.63) is 29.8 Å². The second kappa shape index (κ2) is 6.14. The Morgan fingerprint density at radius 3 is 3.10 bits per heavy atom. The Bertz CT molecular complexity index is 538. The van der Waals surface area contributed by atoms with Crippen molar-refractivity contribution in [2.45, 2.75) is 32.2 Å². The smallest absolute Gasteiger partial charge is 0.179 e. The highest BCUT2D eigenvalue weighted by molar-refractivity contribution is 8.14. The number of aryl methyl sites for hydroxylation is 1. The number of nitrogens with zero attached hydrogens (tertiary/aromatic N) is 2. The fourth-order valence-corrected chi connectivity index (χ4v) is 3.49. The minimum absolute atomic E-state index is 0.546. The second-order valence-corrected chi connectivity index (χ2v) is 6.58. The van der Waals surface area contributed by atoms with Crippen molar-refractivity contribution in [2.75, 3.05) is 17.6 Å². The molecule has 1 aliphatic heterocycles. The molecular weight excluding hydrogens is 286 g/mol. The van der Waals surface area contributed by atoms with Gasteiger partial charge in [0.1, 0.15) is 0 Å². The van der Waals surface area contributed by atoms with E-state index in [1.54, 1.807) is 0 Å². The maximum absolute atomic E-state index is 5.55. The lowest BCUT2D eigenvalue weighted by Crippen LogP contribution is -2.35. The number of thioether (sulfide) groups is 1. The minimum Gasteiger partial charge on any atom is -0.332 e. The van der Waals surface area contributed by atoms with Gasteiger partial charge in [-0.2, -0.15) is 0 Å². The Morgan fingerprint density at radius 1 is 1.50 bits per heavy atom. The number of rotatable bonds is 3. The number of thiocarbonyl (C=S) groups is 1. The monoisotopic (exact) mass is 305 g/mol. The molecule has 0 radical (unpaired) electrons. The van der Waals surface area contributed by atoms with Gasteiger partial charge in [0.05, 0.1) is 6.04 Å². The van der Waals surface area contributed by atoms with E-state index in [-0.39, 0.29) is 0 Å². The maximum Gasteiger partial charge on any atom is 0.179 e. The molecule has 0 unspecified atom stereocenters. The standard InChI is InChI=1S/C15H19N3S2/c1-2-11-4-3-5-13(10-11)16-14(19)18-8-9-20-15(18)17-12-6-7-12/h3-5,10,12H,2,6-9H2,1H3,(H,16,19). The summed E-state index contributed by atoms with van der Waals surface area (Å²) in [5.41, 5.74) is 2.39. The average Bonchev–Trinajstić information content (AvgIpc) is 3.14. The third-order valence-electron chi connectivity index (χ3n) is 3.45. The molecule has 20 heavy (non-hydrogen) atoms. The summed E-state index contributed by atoms with van der Waals surface area (Å²) >= 11 is 7.36. The molecule has 1 saturated heterocycles. The number of nitrogens with one attached hydrogen (secondary N) is 1. The lowest BCUT2D eigenvalue weighted by Gasteiger charge is -2.20. The molecule has 5 heteroatoms. The Morgan fingerprint density at radius 2 is 2.35 bits per heavy atom. The van der Waals surface area contributed by atoms with Crippen molar-refractivity contribution in [3.63, 3.8) is 0 Å². The fourth-order valence-electron chi connectivity index (χ4n) is 2.12. The summed E-state index contributed by atoms with van der Waals surface area (Å²) in [4.78, 5) is 6.88. The summed E-state index contributed by atoms with van der Waals surface area (Å²) < 4.78 is 0. The highest BCUT2D eigenvalue weighted by atomic mass is 32.2. The fraction of sp³-hybridized carbons (Fsp3) is 0.467. The van der Waals surface area contributed by atoms with Gasteiger partial charge in [-0.3, -0.25) is 9.89 Å². The van der Waals surface area contributed by atoms with Gasteiger partial charge in [-0.15, -0.1) is 0 Å². The van der Waals surface area contributed by atoms with Gasteiger partial charge in [0.25, 0.3) is 0 Å². The van der Waals surface area contributed by atoms with E-state index in [0.29, 0.717) is 6.04 Å². The highest BCUT2D eigenvalue weighted by Gasteiger charge is 2.28. The third kappa shape index (κ3) is 3.33. The summed E-state index contributed by atoms with van der Waals surface area (Å²) in [7, 11) is 0. The predicted molar refractivity (Wildman–Crippen MR) is 91.7 cm³/mol. The topological polar surface area (TPSA) is 27.6 Å². The molecule has 1 N–H and O–H groups in total. The molecule has 0 bridgehead atoms. The summed E-state index contributed by atoms with van der Waals surface area (Å²) in [6.07, 6.45) is 3.50. The maximum atomic E-state index is 5.55. The van der Waals surface area contributed by atoms with Crippen molar-refractivity contribution in [1.29, 1.82) is 0 Å². The first kappa shape index (κ1) is 13.9. The van der Waals surface area contributed by atoms with E-state index in [4.69, 9.17) is 17.2 Å². The van der Waals surface area contributed by atoms with Gasteiger partial charge in [-0.1, -0.05) is 30.8 Å². The van der Waals surface area contributed by atoms with Crippen LogP contribution in [0.2, 0.25) is 0 Å². The van der Waals surface area contributed by atoms with Gasteiger partial charge >= 0.3 is 0 Å². The molecule has 106 valence electrons.